The molecule has 1 aromatic heterocycles. The van der Waals surface area contributed by atoms with Gasteiger partial charge in [-0.15, -0.1) is 0 Å². The van der Waals surface area contributed by atoms with Crippen LogP contribution in [0.4, 0.5) is 8.78 Å². The van der Waals surface area contributed by atoms with E-state index in [9.17, 15) is 13.6 Å². The van der Waals surface area contributed by atoms with Crippen molar-refractivity contribution < 1.29 is 18.7 Å². The molecule has 0 radical (unpaired) electrons. The van der Waals surface area contributed by atoms with Crippen LogP contribution >= 0.6 is 11.6 Å². The van der Waals surface area contributed by atoms with Gasteiger partial charge in [0.2, 0.25) is 0 Å². The lowest BCUT2D eigenvalue weighted by atomic mass is 10.1. The van der Waals surface area contributed by atoms with Crippen molar-refractivity contribution >= 4 is 17.6 Å². The monoisotopic (exact) mass is 269 g/mol. The van der Waals surface area contributed by atoms with E-state index in [0.29, 0.717) is 0 Å². The van der Waals surface area contributed by atoms with Crippen LogP contribution in [0, 0.1) is 11.6 Å². The predicted molar refractivity (Wildman–Crippen MR) is 61.6 cm³/mol. The number of hydrogen-bond acceptors (Lipinski definition) is 2. The van der Waals surface area contributed by atoms with Gasteiger partial charge in [0.05, 0.1) is 10.6 Å². The quantitative estimate of drug-likeness (QED) is 0.909. The summed E-state index contributed by atoms with van der Waals surface area (Å²) in [5, 5.41) is 8.63. The number of carboxylic acids is 1. The Balaban J connectivity index is 2.69. The number of pyridine rings is 1. The van der Waals surface area contributed by atoms with E-state index in [1.807, 2.05) is 0 Å². The fourth-order valence-electron chi connectivity index (χ4n) is 1.48. The Morgan fingerprint density at radius 1 is 1.28 bits per heavy atom. The smallest absolute Gasteiger partial charge is 0.337 e. The van der Waals surface area contributed by atoms with Gasteiger partial charge >= 0.3 is 5.97 Å². The summed E-state index contributed by atoms with van der Waals surface area (Å²) < 4.78 is 27.2. The fourth-order valence-corrected chi connectivity index (χ4v) is 1.71. The summed E-state index contributed by atoms with van der Waals surface area (Å²) in [6, 6.07) is 4.25. The third kappa shape index (κ3) is 2.17. The van der Waals surface area contributed by atoms with Gasteiger partial charge in [-0.05, 0) is 24.3 Å². The van der Waals surface area contributed by atoms with Crippen LogP contribution in [0.3, 0.4) is 0 Å². The van der Waals surface area contributed by atoms with Crippen molar-refractivity contribution in [2.75, 3.05) is 0 Å². The minimum atomic E-state index is -1.32. The normalized spacial score (nSPS) is 10.4. The van der Waals surface area contributed by atoms with E-state index in [1.54, 1.807) is 0 Å². The molecule has 0 fully saturated rings. The number of hydrogen-bond donors (Lipinski definition) is 1. The summed E-state index contributed by atoms with van der Waals surface area (Å²) in [7, 11) is 0. The van der Waals surface area contributed by atoms with Crippen molar-refractivity contribution in [3.05, 3.63) is 52.7 Å². The lowest BCUT2D eigenvalue weighted by Gasteiger charge is -2.06. The average molecular weight is 270 g/mol. The molecule has 0 aliphatic heterocycles. The van der Waals surface area contributed by atoms with Crippen LogP contribution in [0.25, 0.3) is 11.3 Å². The zero-order chi connectivity index (χ0) is 13.3. The molecule has 0 saturated heterocycles. The van der Waals surface area contributed by atoms with Crippen LogP contribution < -0.4 is 0 Å². The molecule has 0 unspecified atom stereocenters. The maximum atomic E-state index is 13.7. The molecule has 1 heterocycles. The first-order valence-electron chi connectivity index (χ1n) is 4.84. The summed E-state index contributed by atoms with van der Waals surface area (Å²) in [6.45, 7) is 0. The van der Waals surface area contributed by atoms with E-state index in [4.69, 9.17) is 16.7 Å². The van der Waals surface area contributed by atoms with E-state index >= 15 is 0 Å². The second kappa shape index (κ2) is 4.70. The van der Waals surface area contributed by atoms with Crippen LogP contribution in [0.5, 0.6) is 0 Å². The zero-order valence-corrected chi connectivity index (χ0v) is 9.58. The number of rotatable bonds is 2. The highest BCUT2D eigenvalue weighted by Crippen LogP contribution is 2.28. The van der Waals surface area contributed by atoms with Gasteiger partial charge in [-0.1, -0.05) is 11.6 Å². The van der Waals surface area contributed by atoms with Gasteiger partial charge in [-0.25, -0.2) is 13.6 Å². The van der Waals surface area contributed by atoms with Gasteiger partial charge in [-0.3, -0.25) is 4.98 Å². The molecule has 0 aliphatic rings. The van der Waals surface area contributed by atoms with Crippen molar-refractivity contribution in [1.29, 1.82) is 0 Å². The molecular weight excluding hydrogens is 264 g/mol. The van der Waals surface area contributed by atoms with Crippen LogP contribution in [0.1, 0.15) is 10.4 Å². The average Bonchev–Trinajstić information content (AvgIpc) is 2.30. The number of benzene rings is 1. The van der Waals surface area contributed by atoms with E-state index in [-0.39, 0.29) is 21.8 Å². The molecule has 0 bridgehead atoms. The summed E-state index contributed by atoms with van der Waals surface area (Å²) in [4.78, 5) is 14.6. The van der Waals surface area contributed by atoms with Crippen molar-refractivity contribution in [3.63, 3.8) is 0 Å². The first kappa shape index (κ1) is 12.4. The second-order valence-corrected chi connectivity index (χ2v) is 3.86. The van der Waals surface area contributed by atoms with Crippen LogP contribution in [-0.4, -0.2) is 16.1 Å². The number of nitrogens with zero attached hydrogens (tertiary/aromatic N) is 1. The Kier molecular flexibility index (Phi) is 3.25. The highest BCUT2D eigenvalue weighted by Gasteiger charge is 2.17. The highest BCUT2D eigenvalue weighted by atomic mass is 35.5. The van der Waals surface area contributed by atoms with Gasteiger partial charge in [0.25, 0.3) is 0 Å². The largest absolute Gasteiger partial charge is 0.478 e. The molecule has 0 saturated carbocycles. The van der Waals surface area contributed by atoms with Gasteiger partial charge in [0.1, 0.15) is 17.3 Å². The maximum Gasteiger partial charge on any atom is 0.337 e. The first-order valence-corrected chi connectivity index (χ1v) is 5.21. The Labute approximate surface area is 106 Å². The topological polar surface area (TPSA) is 50.2 Å². The summed E-state index contributed by atoms with van der Waals surface area (Å²) >= 11 is 5.59. The predicted octanol–water partition coefficient (Wildman–Crippen LogP) is 3.38. The molecule has 0 atom stereocenters. The molecule has 1 aromatic carbocycles. The minimum Gasteiger partial charge on any atom is -0.478 e. The van der Waals surface area contributed by atoms with Crippen LogP contribution in [0.2, 0.25) is 5.02 Å². The summed E-state index contributed by atoms with van der Waals surface area (Å²) in [6.07, 6.45) is 1.28. The number of carbonyl (C=O) groups is 1. The third-order valence-corrected chi connectivity index (χ3v) is 2.61. The highest BCUT2D eigenvalue weighted by molar-refractivity contribution is 6.33. The molecule has 0 spiro atoms. The van der Waals surface area contributed by atoms with Gasteiger partial charge in [-0.2, -0.15) is 0 Å². The molecule has 0 aliphatic carbocycles. The Morgan fingerprint density at radius 2 is 2.00 bits per heavy atom. The second-order valence-electron chi connectivity index (χ2n) is 3.45. The maximum absolute atomic E-state index is 13.7. The van der Waals surface area contributed by atoms with Gasteiger partial charge < -0.3 is 5.11 Å². The molecule has 2 aromatic rings. The molecule has 1 N–H and O–H groups in total. The lowest BCUT2D eigenvalue weighted by molar-refractivity contribution is 0.0697. The molecule has 6 heteroatoms. The third-order valence-electron chi connectivity index (χ3n) is 2.30. The summed E-state index contributed by atoms with van der Waals surface area (Å²) in [5.74, 6) is -2.89. The van der Waals surface area contributed by atoms with Crippen LogP contribution in [0.15, 0.2) is 30.5 Å². The van der Waals surface area contributed by atoms with Crippen molar-refractivity contribution in [2.45, 2.75) is 0 Å². The molecule has 92 valence electrons. The molecule has 3 nitrogen and oxygen atoms in total. The Morgan fingerprint density at radius 3 is 2.61 bits per heavy atom. The Hall–Kier alpha value is -2.01. The van der Waals surface area contributed by atoms with E-state index in [1.165, 1.54) is 12.3 Å². The number of aromatic carboxylic acids is 1. The Bertz CT molecular complexity index is 631. The van der Waals surface area contributed by atoms with Crippen molar-refractivity contribution in [2.24, 2.45) is 0 Å². The molecule has 18 heavy (non-hydrogen) atoms. The first-order chi connectivity index (χ1) is 8.50. The van der Waals surface area contributed by atoms with E-state index in [0.717, 1.165) is 18.2 Å². The van der Waals surface area contributed by atoms with E-state index < -0.39 is 17.6 Å². The van der Waals surface area contributed by atoms with Gasteiger partial charge in [0, 0.05) is 11.8 Å². The SMILES string of the molecule is O=C(O)c1cc(-c2ncccc2F)c(F)cc1Cl. The fraction of sp³-hybridized carbons (Fsp3) is 0. The minimum absolute atomic E-state index is 0.241. The molecule has 0 amide bonds. The number of carboxylic acid groups (broad SMARTS) is 1. The van der Waals surface area contributed by atoms with Gasteiger partial charge in [0.15, 0.2) is 0 Å². The molecule has 2 rings (SSSR count). The van der Waals surface area contributed by atoms with Crippen molar-refractivity contribution in [3.8, 4) is 11.3 Å². The lowest BCUT2D eigenvalue weighted by Crippen LogP contribution is -2.01. The van der Waals surface area contributed by atoms with E-state index in [2.05, 4.69) is 4.98 Å². The van der Waals surface area contributed by atoms with Crippen LogP contribution in [-0.2, 0) is 0 Å². The molecular formula is C12H6ClF2NO2. The zero-order valence-electron chi connectivity index (χ0n) is 8.82. The van der Waals surface area contributed by atoms with Crippen molar-refractivity contribution in [1.82, 2.24) is 4.98 Å². The standard InChI is InChI=1S/C12H6ClF2NO2/c13-8-5-10(15)7(4-6(8)12(17)18)11-9(14)2-1-3-16-11/h1-5H,(H,17,18). The summed E-state index contributed by atoms with van der Waals surface area (Å²) in [5.41, 5.74) is -0.804. The number of halogens is 3. The number of aromatic nitrogens is 1.